The van der Waals surface area contributed by atoms with Crippen molar-refractivity contribution in [2.75, 3.05) is 26.7 Å². The van der Waals surface area contributed by atoms with Crippen LogP contribution in [0.25, 0.3) is 0 Å². The lowest BCUT2D eigenvalue weighted by molar-refractivity contribution is -0.390. The summed E-state index contributed by atoms with van der Waals surface area (Å²) in [5.41, 5.74) is -0.426. The van der Waals surface area contributed by atoms with Gasteiger partial charge in [-0.05, 0) is 18.2 Å². The van der Waals surface area contributed by atoms with Crippen LogP contribution in [0.4, 0.5) is 10.1 Å². The van der Waals surface area contributed by atoms with E-state index in [2.05, 4.69) is 5.32 Å². The summed E-state index contributed by atoms with van der Waals surface area (Å²) in [6, 6.07) is 9.37. The number of hydrogen-bond donors (Lipinski definition) is 1. The number of benzene rings is 2. The first-order valence-corrected chi connectivity index (χ1v) is 9.60. The maximum absolute atomic E-state index is 14.0. The average Bonchev–Trinajstić information content (AvgIpc) is 2.67. The van der Waals surface area contributed by atoms with Crippen molar-refractivity contribution in [2.45, 2.75) is 10.9 Å². The number of nitro benzene ring substituents is 1. The zero-order valence-corrected chi connectivity index (χ0v) is 16.5. The molecule has 28 heavy (non-hydrogen) atoms. The van der Waals surface area contributed by atoms with Crippen molar-refractivity contribution in [3.8, 4) is 5.75 Å². The van der Waals surface area contributed by atoms with Crippen molar-refractivity contribution < 1.29 is 22.5 Å². The summed E-state index contributed by atoms with van der Waals surface area (Å²) in [5, 5.41) is 14.4. The predicted molar refractivity (Wildman–Crippen MR) is 103 cm³/mol. The van der Waals surface area contributed by atoms with Gasteiger partial charge in [0.1, 0.15) is 5.75 Å². The van der Waals surface area contributed by atoms with Crippen LogP contribution in [0, 0.1) is 15.9 Å². The molecule has 1 fully saturated rings. The molecule has 1 heterocycles. The second kappa shape index (κ2) is 8.82. The highest BCUT2D eigenvalue weighted by molar-refractivity contribution is 7.89. The van der Waals surface area contributed by atoms with Gasteiger partial charge in [0, 0.05) is 25.2 Å². The van der Waals surface area contributed by atoms with Gasteiger partial charge in [-0.1, -0.05) is 24.3 Å². The molecule has 0 amide bonds. The topological polar surface area (TPSA) is 102 Å². The first-order valence-electron chi connectivity index (χ1n) is 8.16. The number of sulfonamides is 1. The summed E-state index contributed by atoms with van der Waals surface area (Å²) in [6.07, 6.45) is 0. The number of rotatable bonds is 5. The number of para-hydroxylation sites is 2. The van der Waals surface area contributed by atoms with E-state index in [9.17, 15) is 22.9 Å². The fraction of sp³-hybridized carbons (Fsp3) is 0.294. The van der Waals surface area contributed by atoms with E-state index in [0.29, 0.717) is 24.4 Å². The summed E-state index contributed by atoms with van der Waals surface area (Å²) in [5.74, 6) is -0.690. The molecule has 152 valence electrons. The second-order valence-corrected chi connectivity index (χ2v) is 7.78. The van der Waals surface area contributed by atoms with E-state index in [4.69, 9.17) is 4.74 Å². The molecule has 1 aliphatic heterocycles. The molecule has 11 heteroatoms. The highest BCUT2D eigenvalue weighted by Crippen LogP contribution is 2.36. The van der Waals surface area contributed by atoms with Crippen LogP contribution < -0.4 is 10.1 Å². The van der Waals surface area contributed by atoms with Crippen molar-refractivity contribution in [3.05, 3.63) is 64.0 Å². The molecule has 2 aromatic carbocycles. The van der Waals surface area contributed by atoms with Crippen LogP contribution in [0.3, 0.4) is 0 Å². The van der Waals surface area contributed by atoms with E-state index in [1.54, 1.807) is 24.3 Å². The van der Waals surface area contributed by atoms with E-state index in [-0.39, 0.29) is 19.0 Å². The largest absolute Gasteiger partial charge is 0.496 e. The minimum atomic E-state index is -4.33. The Kier molecular flexibility index (Phi) is 6.94. The van der Waals surface area contributed by atoms with Gasteiger partial charge < -0.3 is 10.1 Å². The lowest BCUT2D eigenvalue weighted by Gasteiger charge is -2.35. The van der Waals surface area contributed by atoms with Crippen molar-refractivity contribution in [1.82, 2.24) is 9.62 Å². The summed E-state index contributed by atoms with van der Waals surface area (Å²) in [4.78, 5) is 9.60. The summed E-state index contributed by atoms with van der Waals surface area (Å²) >= 11 is 0. The number of methoxy groups -OCH3 is 1. The Bertz CT molecular complexity index is 973. The van der Waals surface area contributed by atoms with Crippen molar-refractivity contribution in [3.63, 3.8) is 0 Å². The predicted octanol–water partition coefficient (Wildman–Crippen LogP) is 2.50. The second-order valence-electron chi connectivity index (χ2n) is 5.92. The number of hydrogen-bond acceptors (Lipinski definition) is 6. The third kappa shape index (κ3) is 3.95. The monoisotopic (exact) mass is 431 g/mol. The van der Waals surface area contributed by atoms with E-state index >= 15 is 0 Å². The number of nitro groups is 1. The molecule has 0 spiro atoms. The highest BCUT2D eigenvalue weighted by atomic mass is 35.5. The Hall–Kier alpha value is -2.27. The van der Waals surface area contributed by atoms with Gasteiger partial charge in [0.05, 0.1) is 18.1 Å². The Labute approximate surface area is 167 Å². The summed E-state index contributed by atoms with van der Waals surface area (Å²) < 4.78 is 46.9. The van der Waals surface area contributed by atoms with Crippen molar-refractivity contribution >= 4 is 28.1 Å². The fourth-order valence-corrected chi connectivity index (χ4v) is 4.96. The molecule has 0 saturated carbocycles. The zero-order valence-electron chi connectivity index (χ0n) is 14.9. The quantitative estimate of drug-likeness (QED) is 0.576. The van der Waals surface area contributed by atoms with Crippen LogP contribution >= 0.6 is 12.4 Å². The number of ether oxygens (including phenoxy) is 1. The SMILES string of the molecule is COc1ccccc1C1CNCCN1S(=O)(=O)c1cccc(F)c1[N+](=O)[O-].Cl. The number of halogens is 2. The number of nitrogens with zero attached hydrogens (tertiary/aromatic N) is 2. The molecule has 8 nitrogen and oxygen atoms in total. The summed E-state index contributed by atoms with van der Waals surface area (Å²) in [6.45, 7) is 0.745. The van der Waals surface area contributed by atoms with Crippen molar-refractivity contribution in [2.24, 2.45) is 0 Å². The molecule has 3 rings (SSSR count). The van der Waals surface area contributed by atoms with E-state index in [1.807, 2.05) is 0 Å². The van der Waals surface area contributed by atoms with Crippen LogP contribution in [0.1, 0.15) is 11.6 Å². The van der Waals surface area contributed by atoms with Gasteiger partial charge in [0.2, 0.25) is 5.82 Å². The smallest absolute Gasteiger partial charge is 0.324 e. The standard InChI is InChI=1S/C17H18FN3O5S.ClH/c1-26-15-7-3-2-5-12(15)14-11-19-9-10-20(14)27(24,25)16-8-4-6-13(18)17(16)21(22)23;/h2-8,14,19H,9-11H2,1H3;1H. The third-order valence-electron chi connectivity index (χ3n) is 4.41. The molecule has 1 aliphatic rings. The third-order valence-corrected chi connectivity index (χ3v) is 6.35. The highest BCUT2D eigenvalue weighted by Gasteiger charge is 2.40. The Morgan fingerprint density at radius 1 is 1.25 bits per heavy atom. The Balaban J connectivity index is 0.00000280. The normalized spacial score (nSPS) is 17.6. The molecule has 1 atom stereocenters. The lowest BCUT2D eigenvalue weighted by Crippen LogP contribution is -2.48. The Morgan fingerprint density at radius 2 is 1.96 bits per heavy atom. The molecule has 1 saturated heterocycles. The van der Waals surface area contributed by atoms with Crippen LogP contribution in [-0.2, 0) is 10.0 Å². The molecule has 0 bridgehead atoms. The molecule has 1 N–H and O–H groups in total. The van der Waals surface area contributed by atoms with Crippen molar-refractivity contribution in [1.29, 1.82) is 0 Å². The molecule has 0 aromatic heterocycles. The fourth-order valence-electron chi connectivity index (χ4n) is 3.19. The number of piperazine rings is 1. The maximum atomic E-state index is 14.0. The number of nitrogens with one attached hydrogen (secondary N) is 1. The molecular weight excluding hydrogens is 413 g/mol. The minimum Gasteiger partial charge on any atom is -0.496 e. The van der Waals surface area contributed by atoms with Gasteiger partial charge in [-0.2, -0.15) is 8.70 Å². The lowest BCUT2D eigenvalue weighted by atomic mass is 10.0. The van der Waals surface area contributed by atoms with Gasteiger partial charge >= 0.3 is 5.69 Å². The van der Waals surface area contributed by atoms with Gasteiger partial charge in [0.15, 0.2) is 4.90 Å². The van der Waals surface area contributed by atoms with E-state index in [1.165, 1.54) is 7.11 Å². The van der Waals surface area contributed by atoms with Gasteiger partial charge in [0.25, 0.3) is 10.0 Å². The summed E-state index contributed by atoms with van der Waals surface area (Å²) in [7, 11) is -2.85. The molecule has 0 radical (unpaired) electrons. The first kappa shape index (κ1) is 22.0. The zero-order chi connectivity index (χ0) is 19.6. The van der Waals surface area contributed by atoms with Crippen LogP contribution in [0.5, 0.6) is 5.75 Å². The van der Waals surface area contributed by atoms with E-state index in [0.717, 1.165) is 22.5 Å². The van der Waals surface area contributed by atoms with Gasteiger partial charge in [-0.25, -0.2) is 8.42 Å². The average molecular weight is 432 g/mol. The first-order chi connectivity index (χ1) is 12.9. The minimum absolute atomic E-state index is 0. The van der Waals surface area contributed by atoms with Gasteiger partial charge in [-0.3, -0.25) is 10.1 Å². The van der Waals surface area contributed by atoms with Gasteiger partial charge in [-0.15, -0.1) is 12.4 Å². The van der Waals surface area contributed by atoms with Crippen LogP contribution in [-0.4, -0.2) is 44.4 Å². The molecule has 1 unspecified atom stereocenters. The van der Waals surface area contributed by atoms with E-state index < -0.39 is 37.4 Å². The molecule has 2 aromatic rings. The maximum Gasteiger partial charge on any atom is 0.324 e. The molecule has 0 aliphatic carbocycles. The molecular formula is C17H19ClFN3O5S. The van der Waals surface area contributed by atoms with Crippen LogP contribution in [0.2, 0.25) is 0 Å². The van der Waals surface area contributed by atoms with Crippen LogP contribution in [0.15, 0.2) is 47.4 Å². The Morgan fingerprint density at radius 3 is 2.64 bits per heavy atom.